The Morgan fingerprint density at radius 1 is 1.13 bits per heavy atom. The highest BCUT2D eigenvalue weighted by molar-refractivity contribution is 9.10. The Morgan fingerprint density at radius 3 is 2.47 bits per heavy atom. The van der Waals surface area contributed by atoms with E-state index in [1.807, 2.05) is 0 Å². The molecule has 1 heterocycles. The number of carbonyl (C=O) groups excluding carboxylic acids is 3. The van der Waals surface area contributed by atoms with E-state index >= 15 is 0 Å². The van der Waals surface area contributed by atoms with Crippen LogP contribution in [0.3, 0.4) is 0 Å². The summed E-state index contributed by atoms with van der Waals surface area (Å²) in [6.45, 7) is -0.367. The third-order valence-electron chi connectivity index (χ3n) is 4.06. The van der Waals surface area contributed by atoms with Crippen molar-refractivity contribution >= 4 is 72.4 Å². The van der Waals surface area contributed by atoms with Crippen LogP contribution in [-0.4, -0.2) is 42.7 Å². The third-order valence-corrected chi connectivity index (χ3v) is 6.08. The van der Waals surface area contributed by atoms with Crippen LogP contribution in [0.25, 0.3) is 6.08 Å². The molecule has 1 N–H and O–H groups in total. The average molecular weight is 556 g/mol. The molecule has 0 aromatic heterocycles. The van der Waals surface area contributed by atoms with E-state index in [9.17, 15) is 14.4 Å². The van der Waals surface area contributed by atoms with E-state index in [0.29, 0.717) is 27.2 Å². The summed E-state index contributed by atoms with van der Waals surface area (Å²) in [6, 6.07) is 10.4. The molecule has 0 atom stereocenters. The number of benzene rings is 2. The van der Waals surface area contributed by atoms with Crippen LogP contribution >= 0.6 is 43.6 Å². The lowest BCUT2D eigenvalue weighted by Gasteiger charge is -2.12. The molecule has 7 nitrogen and oxygen atoms in total. The van der Waals surface area contributed by atoms with Crippen LogP contribution in [0.2, 0.25) is 0 Å². The van der Waals surface area contributed by atoms with Crippen LogP contribution < -0.4 is 14.8 Å². The molecular weight excluding hydrogens is 540 g/mol. The molecule has 30 heavy (non-hydrogen) atoms. The van der Waals surface area contributed by atoms with Gasteiger partial charge in [-0.05, 0) is 75.7 Å². The summed E-state index contributed by atoms with van der Waals surface area (Å²) in [5.74, 6) is 0.00944. The fourth-order valence-electron chi connectivity index (χ4n) is 2.69. The van der Waals surface area contributed by atoms with Gasteiger partial charge in [-0.2, -0.15) is 0 Å². The number of nitrogens with one attached hydrogen (secondary N) is 1. The first-order valence-corrected chi connectivity index (χ1v) is 10.9. The molecule has 0 aliphatic carbocycles. The van der Waals surface area contributed by atoms with Gasteiger partial charge in [0.2, 0.25) is 5.91 Å². The van der Waals surface area contributed by atoms with Crippen molar-refractivity contribution in [1.29, 1.82) is 0 Å². The Morgan fingerprint density at radius 2 is 1.83 bits per heavy atom. The lowest BCUT2D eigenvalue weighted by atomic mass is 10.2. The number of halogens is 2. The molecule has 0 unspecified atom stereocenters. The maximum atomic E-state index is 12.7. The van der Waals surface area contributed by atoms with Crippen LogP contribution in [0.5, 0.6) is 11.5 Å². The number of amides is 3. The lowest BCUT2D eigenvalue weighted by molar-refractivity contribution is -0.127. The monoisotopic (exact) mass is 554 g/mol. The highest BCUT2D eigenvalue weighted by Gasteiger charge is 2.36. The van der Waals surface area contributed by atoms with E-state index in [1.54, 1.807) is 42.5 Å². The highest BCUT2D eigenvalue weighted by atomic mass is 79.9. The minimum Gasteiger partial charge on any atom is -0.493 e. The summed E-state index contributed by atoms with van der Waals surface area (Å²) in [5.41, 5.74) is 1.21. The smallest absolute Gasteiger partial charge is 0.294 e. The van der Waals surface area contributed by atoms with E-state index in [0.717, 1.165) is 21.1 Å². The molecular formula is C20H16Br2N2O5S. The number of methoxy groups -OCH3 is 2. The zero-order valence-electron chi connectivity index (χ0n) is 15.9. The summed E-state index contributed by atoms with van der Waals surface area (Å²) in [6.07, 6.45) is 1.57. The van der Waals surface area contributed by atoms with E-state index in [2.05, 4.69) is 37.2 Å². The van der Waals surface area contributed by atoms with Crippen molar-refractivity contribution in [3.05, 3.63) is 55.8 Å². The van der Waals surface area contributed by atoms with Crippen LogP contribution in [0.1, 0.15) is 5.56 Å². The van der Waals surface area contributed by atoms with Gasteiger partial charge in [0.25, 0.3) is 11.1 Å². The van der Waals surface area contributed by atoms with Crippen molar-refractivity contribution < 1.29 is 23.9 Å². The Balaban J connectivity index is 1.75. The van der Waals surface area contributed by atoms with Crippen molar-refractivity contribution in [3.63, 3.8) is 0 Å². The number of imide groups is 1. The molecule has 0 bridgehead atoms. The number of carbonyl (C=O) groups is 3. The SMILES string of the molecule is COc1cc(/C=C2/SC(=O)N(CC(=O)Nc3ccc(Br)cc3)C2=O)cc(Br)c1OC. The minimum absolute atomic E-state index is 0.218. The van der Waals surface area contributed by atoms with Crippen LogP contribution in [-0.2, 0) is 9.59 Å². The number of hydrogen-bond donors (Lipinski definition) is 1. The summed E-state index contributed by atoms with van der Waals surface area (Å²) in [4.78, 5) is 38.4. The number of thioether (sulfide) groups is 1. The number of rotatable bonds is 6. The van der Waals surface area contributed by atoms with Crippen molar-refractivity contribution in [3.8, 4) is 11.5 Å². The Kier molecular flexibility index (Phi) is 7.22. The molecule has 0 spiro atoms. The van der Waals surface area contributed by atoms with Crippen molar-refractivity contribution in [2.75, 3.05) is 26.1 Å². The second kappa shape index (κ2) is 9.67. The van der Waals surface area contributed by atoms with Crippen molar-refractivity contribution in [2.24, 2.45) is 0 Å². The molecule has 1 saturated heterocycles. The quantitative estimate of drug-likeness (QED) is 0.510. The van der Waals surface area contributed by atoms with Gasteiger partial charge in [-0.15, -0.1) is 0 Å². The summed E-state index contributed by atoms with van der Waals surface area (Å²) in [7, 11) is 3.03. The van der Waals surface area contributed by atoms with Gasteiger partial charge < -0.3 is 14.8 Å². The summed E-state index contributed by atoms with van der Waals surface area (Å²) in [5, 5.41) is 2.16. The first kappa shape index (κ1) is 22.4. The molecule has 10 heteroatoms. The molecule has 3 rings (SSSR count). The second-order valence-corrected chi connectivity index (χ2v) is 8.82. The minimum atomic E-state index is -0.526. The second-order valence-electron chi connectivity index (χ2n) is 6.06. The summed E-state index contributed by atoms with van der Waals surface area (Å²) < 4.78 is 12.1. The first-order valence-electron chi connectivity index (χ1n) is 8.54. The predicted octanol–water partition coefficient (Wildman–Crippen LogP) is 4.90. The average Bonchev–Trinajstić information content (AvgIpc) is 2.96. The highest BCUT2D eigenvalue weighted by Crippen LogP contribution is 2.38. The predicted molar refractivity (Wildman–Crippen MR) is 123 cm³/mol. The van der Waals surface area contributed by atoms with Gasteiger partial charge in [-0.3, -0.25) is 19.3 Å². The van der Waals surface area contributed by atoms with Gasteiger partial charge in [0, 0.05) is 10.2 Å². The molecule has 2 aromatic rings. The maximum Gasteiger partial charge on any atom is 0.294 e. The fourth-order valence-corrected chi connectivity index (χ4v) is 4.41. The molecule has 156 valence electrons. The lowest BCUT2D eigenvalue weighted by Crippen LogP contribution is -2.36. The Labute approximate surface area is 194 Å². The number of anilines is 1. The van der Waals surface area contributed by atoms with Gasteiger partial charge in [0.15, 0.2) is 11.5 Å². The van der Waals surface area contributed by atoms with E-state index in [1.165, 1.54) is 14.2 Å². The standard InChI is InChI=1S/C20H16Br2N2O5S/c1-28-15-8-11(7-14(22)18(15)29-2)9-16-19(26)24(20(27)30-16)10-17(25)23-13-5-3-12(21)4-6-13/h3-9H,10H2,1-2H3,(H,23,25)/b16-9+. The molecule has 0 radical (unpaired) electrons. The molecule has 0 saturated carbocycles. The molecule has 1 fully saturated rings. The Bertz CT molecular complexity index is 1040. The van der Waals surface area contributed by atoms with Crippen LogP contribution in [0, 0.1) is 0 Å². The maximum absolute atomic E-state index is 12.7. The van der Waals surface area contributed by atoms with Gasteiger partial charge in [0.1, 0.15) is 6.54 Å². The number of hydrogen-bond acceptors (Lipinski definition) is 6. The normalized spacial score (nSPS) is 14.9. The van der Waals surface area contributed by atoms with Crippen LogP contribution in [0.4, 0.5) is 10.5 Å². The molecule has 1 aliphatic rings. The first-order chi connectivity index (χ1) is 14.3. The van der Waals surface area contributed by atoms with Gasteiger partial charge in [-0.1, -0.05) is 15.9 Å². The van der Waals surface area contributed by atoms with Gasteiger partial charge in [-0.25, -0.2) is 0 Å². The zero-order chi connectivity index (χ0) is 21.8. The zero-order valence-corrected chi connectivity index (χ0v) is 19.9. The topological polar surface area (TPSA) is 84.9 Å². The number of ether oxygens (including phenoxy) is 2. The van der Waals surface area contributed by atoms with E-state index < -0.39 is 17.1 Å². The van der Waals surface area contributed by atoms with Gasteiger partial charge in [0.05, 0.1) is 23.6 Å². The van der Waals surface area contributed by atoms with E-state index in [4.69, 9.17) is 9.47 Å². The Hall–Kier alpha value is -2.30. The van der Waals surface area contributed by atoms with Crippen molar-refractivity contribution in [1.82, 2.24) is 4.90 Å². The number of nitrogens with zero attached hydrogens (tertiary/aromatic N) is 1. The largest absolute Gasteiger partial charge is 0.493 e. The fraction of sp³-hybridized carbons (Fsp3) is 0.150. The van der Waals surface area contributed by atoms with E-state index in [-0.39, 0.29) is 11.4 Å². The molecule has 2 aromatic carbocycles. The summed E-state index contributed by atoms with van der Waals surface area (Å²) >= 11 is 7.49. The third kappa shape index (κ3) is 5.05. The molecule has 3 amide bonds. The van der Waals surface area contributed by atoms with Crippen molar-refractivity contribution in [2.45, 2.75) is 0 Å². The van der Waals surface area contributed by atoms with Crippen LogP contribution in [0.15, 0.2) is 50.2 Å². The molecule has 1 aliphatic heterocycles. The van der Waals surface area contributed by atoms with Gasteiger partial charge >= 0.3 is 0 Å².